The summed E-state index contributed by atoms with van der Waals surface area (Å²) in [5.41, 5.74) is 8.32. The van der Waals surface area contributed by atoms with E-state index in [4.69, 9.17) is 5.73 Å². The van der Waals surface area contributed by atoms with E-state index in [1.54, 1.807) is 6.07 Å². The molecule has 1 heterocycles. The van der Waals surface area contributed by atoms with Crippen molar-refractivity contribution >= 4 is 5.91 Å². The molecule has 0 saturated carbocycles. The van der Waals surface area contributed by atoms with Crippen LogP contribution in [-0.4, -0.2) is 17.9 Å². The van der Waals surface area contributed by atoms with Gasteiger partial charge in [-0.1, -0.05) is 19.9 Å². The summed E-state index contributed by atoms with van der Waals surface area (Å²) >= 11 is 0. The maximum Gasteiger partial charge on any atom is 0.248 e. The Balaban J connectivity index is 0.000000531. The number of primary amides is 1. The van der Waals surface area contributed by atoms with Crippen molar-refractivity contribution in [1.82, 2.24) is 4.90 Å². The SMILES string of the molecule is CC.CN1Cc2ccc(C(N)=O)cc2C1. The summed E-state index contributed by atoms with van der Waals surface area (Å²) in [6.45, 7) is 5.88. The summed E-state index contributed by atoms with van der Waals surface area (Å²) in [6.07, 6.45) is 0. The Kier molecular flexibility index (Phi) is 3.86. The zero-order valence-corrected chi connectivity index (χ0v) is 9.58. The number of carbonyl (C=O) groups excluding carboxylic acids is 1. The van der Waals surface area contributed by atoms with Crippen LogP contribution < -0.4 is 5.73 Å². The molecule has 15 heavy (non-hydrogen) atoms. The predicted molar refractivity (Wildman–Crippen MR) is 61.5 cm³/mol. The molecular formula is C12H18N2O. The van der Waals surface area contributed by atoms with E-state index in [1.807, 2.05) is 26.0 Å². The Morgan fingerprint density at radius 1 is 1.27 bits per heavy atom. The van der Waals surface area contributed by atoms with E-state index in [-0.39, 0.29) is 5.91 Å². The van der Waals surface area contributed by atoms with Gasteiger partial charge in [0.05, 0.1) is 0 Å². The molecule has 3 nitrogen and oxygen atoms in total. The number of amides is 1. The minimum absolute atomic E-state index is 0.350. The molecule has 1 amide bonds. The third-order valence-corrected chi connectivity index (χ3v) is 2.37. The van der Waals surface area contributed by atoms with E-state index >= 15 is 0 Å². The summed E-state index contributed by atoms with van der Waals surface area (Å²) in [7, 11) is 2.06. The molecule has 0 bridgehead atoms. The van der Waals surface area contributed by atoms with Gasteiger partial charge < -0.3 is 5.73 Å². The first-order valence-corrected chi connectivity index (χ1v) is 5.27. The molecule has 1 aromatic carbocycles. The van der Waals surface area contributed by atoms with Gasteiger partial charge in [0.25, 0.3) is 0 Å². The molecule has 1 aliphatic rings. The lowest BCUT2D eigenvalue weighted by Gasteiger charge is -2.02. The first-order chi connectivity index (χ1) is 7.16. The van der Waals surface area contributed by atoms with Crippen LogP contribution in [0.2, 0.25) is 0 Å². The molecule has 2 N–H and O–H groups in total. The van der Waals surface area contributed by atoms with Crippen molar-refractivity contribution in [2.75, 3.05) is 7.05 Å². The molecule has 3 heteroatoms. The fourth-order valence-electron chi connectivity index (χ4n) is 1.72. The van der Waals surface area contributed by atoms with E-state index in [0.29, 0.717) is 5.56 Å². The molecule has 0 radical (unpaired) electrons. The van der Waals surface area contributed by atoms with Crippen molar-refractivity contribution < 1.29 is 4.79 Å². The molecule has 0 fully saturated rings. The van der Waals surface area contributed by atoms with Gasteiger partial charge in [0.15, 0.2) is 0 Å². The number of benzene rings is 1. The lowest BCUT2D eigenvalue weighted by atomic mass is 10.1. The molecule has 1 aliphatic heterocycles. The Labute approximate surface area is 90.9 Å². The highest BCUT2D eigenvalue weighted by molar-refractivity contribution is 5.93. The van der Waals surface area contributed by atoms with Crippen LogP contribution in [-0.2, 0) is 13.1 Å². The van der Waals surface area contributed by atoms with Crippen LogP contribution in [0.3, 0.4) is 0 Å². The highest BCUT2D eigenvalue weighted by Gasteiger charge is 2.16. The Hall–Kier alpha value is -1.35. The number of hydrogen-bond donors (Lipinski definition) is 1. The van der Waals surface area contributed by atoms with Gasteiger partial charge in [-0.25, -0.2) is 0 Å². The molecule has 0 unspecified atom stereocenters. The second kappa shape index (κ2) is 4.94. The topological polar surface area (TPSA) is 46.3 Å². The van der Waals surface area contributed by atoms with Crippen LogP contribution >= 0.6 is 0 Å². The zero-order chi connectivity index (χ0) is 11.4. The summed E-state index contributed by atoms with van der Waals surface area (Å²) in [5, 5.41) is 0. The quantitative estimate of drug-likeness (QED) is 0.761. The van der Waals surface area contributed by atoms with E-state index in [2.05, 4.69) is 11.9 Å². The Bertz CT molecular complexity index is 361. The number of rotatable bonds is 1. The average Bonchev–Trinajstić information content (AvgIpc) is 2.59. The van der Waals surface area contributed by atoms with E-state index < -0.39 is 0 Å². The molecule has 0 atom stereocenters. The van der Waals surface area contributed by atoms with Crippen LogP contribution in [0.25, 0.3) is 0 Å². The average molecular weight is 206 g/mol. The fourth-order valence-corrected chi connectivity index (χ4v) is 1.72. The maximum atomic E-state index is 10.9. The first kappa shape index (κ1) is 11.7. The largest absolute Gasteiger partial charge is 0.366 e. The van der Waals surface area contributed by atoms with Crippen molar-refractivity contribution in [2.45, 2.75) is 26.9 Å². The molecule has 2 rings (SSSR count). The van der Waals surface area contributed by atoms with Gasteiger partial charge in [0.2, 0.25) is 5.91 Å². The van der Waals surface area contributed by atoms with Gasteiger partial charge in [0, 0.05) is 18.7 Å². The van der Waals surface area contributed by atoms with Crippen molar-refractivity contribution in [2.24, 2.45) is 5.73 Å². The third kappa shape index (κ3) is 2.57. The summed E-state index contributed by atoms with van der Waals surface area (Å²) < 4.78 is 0. The van der Waals surface area contributed by atoms with E-state index in [1.165, 1.54) is 11.1 Å². The standard InChI is InChI=1S/C10H12N2O.C2H6/c1-12-5-8-3-2-7(10(11)13)4-9(8)6-12;1-2/h2-4H,5-6H2,1H3,(H2,11,13);1-2H3. The van der Waals surface area contributed by atoms with Crippen LogP contribution in [0.1, 0.15) is 35.3 Å². The molecule has 0 aliphatic carbocycles. The van der Waals surface area contributed by atoms with Gasteiger partial charge in [-0.3, -0.25) is 9.69 Å². The first-order valence-electron chi connectivity index (χ1n) is 5.27. The predicted octanol–water partition coefficient (Wildman–Crippen LogP) is 1.76. The number of carbonyl (C=O) groups is 1. The van der Waals surface area contributed by atoms with Crippen molar-refractivity contribution in [3.8, 4) is 0 Å². The van der Waals surface area contributed by atoms with Crippen molar-refractivity contribution in [3.63, 3.8) is 0 Å². The van der Waals surface area contributed by atoms with E-state index in [9.17, 15) is 4.79 Å². The Morgan fingerprint density at radius 3 is 2.47 bits per heavy atom. The molecule has 0 saturated heterocycles. The summed E-state index contributed by atoms with van der Waals surface area (Å²) in [4.78, 5) is 13.1. The van der Waals surface area contributed by atoms with Crippen LogP contribution in [0.15, 0.2) is 18.2 Å². The second-order valence-corrected chi connectivity index (χ2v) is 3.52. The van der Waals surface area contributed by atoms with Gasteiger partial charge in [-0.15, -0.1) is 0 Å². The highest BCUT2D eigenvalue weighted by atomic mass is 16.1. The molecular weight excluding hydrogens is 188 g/mol. The van der Waals surface area contributed by atoms with Crippen molar-refractivity contribution in [1.29, 1.82) is 0 Å². The molecule has 1 aromatic rings. The maximum absolute atomic E-state index is 10.9. The number of fused-ring (bicyclic) bond motifs is 1. The smallest absolute Gasteiger partial charge is 0.248 e. The monoisotopic (exact) mass is 206 g/mol. The number of nitrogens with zero attached hydrogens (tertiary/aromatic N) is 1. The van der Waals surface area contributed by atoms with Crippen molar-refractivity contribution in [3.05, 3.63) is 34.9 Å². The number of hydrogen-bond acceptors (Lipinski definition) is 2. The van der Waals surface area contributed by atoms with Gasteiger partial charge in [-0.05, 0) is 30.3 Å². The van der Waals surface area contributed by atoms with Gasteiger partial charge in [-0.2, -0.15) is 0 Å². The molecule has 0 spiro atoms. The third-order valence-electron chi connectivity index (χ3n) is 2.37. The normalized spacial score (nSPS) is 14.1. The fraction of sp³-hybridized carbons (Fsp3) is 0.417. The molecule has 0 aromatic heterocycles. The zero-order valence-electron chi connectivity index (χ0n) is 9.58. The highest BCUT2D eigenvalue weighted by Crippen LogP contribution is 2.21. The Morgan fingerprint density at radius 2 is 1.87 bits per heavy atom. The number of nitrogens with two attached hydrogens (primary N) is 1. The lowest BCUT2D eigenvalue weighted by molar-refractivity contribution is 0.1000. The van der Waals surface area contributed by atoms with Crippen LogP contribution in [0.4, 0.5) is 0 Å². The second-order valence-electron chi connectivity index (χ2n) is 3.52. The van der Waals surface area contributed by atoms with Crippen LogP contribution in [0.5, 0.6) is 0 Å². The molecule has 82 valence electrons. The van der Waals surface area contributed by atoms with Gasteiger partial charge >= 0.3 is 0 Å². The minimum Gasteiger partial charge on any atom is -0.366 e. The summed E-state index contributed by atoms with van der Waals surface area (Å²) in [5.74, 6) is -0.350. The lowest BCUT2D eigenvalue weighted by Crippen LogP contribution is -2.11. The summed E-state index contributed by atoms with van der Waals surface area (Å²) in [6, 6.07) is 5.67. The minimum atomic E-state index is -0.350. The van der Waals surface area contributed by atoms with E-state index in [0.717, 1.165) is 13.1 Å². The van der Waals surface area contributed by atoms with Crippen LogP contribution in [0, 0.1) is 0 Å². The van der Waals surface area contributed by atoms with Gasteiger partial charge in [0.1, 0.15) is 0 Å².